The lowest BCUT2D eigenvalue weighted by atomic mass is 10.1. The Labute approximate surface area is 208 Å². The maximum absolute atomic E-state index is 13.0. The standard InChI is InChI=1S/C26H31N5O5/c1-3-5-15-28-20-14-10-9-13-19(20)25(34)36-17-21(32)30(4-2)22-23(27)31(26(35)29-24(22)33)16-18-11-7-6-8-12-18/h6-14,28H,3-5,15-17,27H2,1-2H3,(H,29,33,35). The summed E-state index contributed by atoms with van der Waals surface area (Å²) in [5.74, 6) is -1.47. The molecule has 10 nitrogen and oxygen atoms in total. The molecule has 3 aromatic rings. The number of likely N-dealkylation sites (N-methyl/N-ethyl adjacent to an activating group) is 1. The summed E-state index contributed by atoms with van der Waals surface area (Å²) in [7, 11) is 0. The number of rotatable bonds is 11. The van der Waals surface area contributed by atoms with E-state index in [1.807, 2.05) is 30.3 Å². The van der Waals surface area contributed by atoms with Crippen molar-refractivity contribution in [2.24, 2.45) is 0 Å². The van der Waals surface area contributed by atoms with Crippen LogP contribution >= 0.6 is 0 Å². The monoisotopic (exact) mass is 493 g/mol. The van der Waals surface area contributed by atoms with Gasteiger partial charge in [-0.1, -0.05) is 55.8 Å². The molecule has 0 spiro atoms. The molecule has 3 rings (SSSR count). The van der Waals surface area contributed by atoms with Crippen LogP contribution in [0.4, 0.5) is 17.2 Å². The Balaban J connectivity index is 1.79. The topological polar surface area (TPSA) is 140 Å². The molecule has 4 N–H and O–H groups in total. The largest absolute Gasteiger partial charge is 0.452 e. The molecule has 0 aliphatic rings. The number of unbranched alkanes of at least 4 members (excludes halogenated alkanes) is 1. The number of esters is 1. The van der Waals surface area contributed by atoms with Crippen molar-refractivity contribution >= 4 is 29.1 Å². The van der Waals surface area contributed by atoms with Crippen LogP contribution in [0.15, 0.2) is 64.2 Å². The molecule has 190 valence electrons. The summed E-state index contributed by atoms with van der Waals surface area (Å²) >= 11 is 0. The number of hydrogen-bond acceptors (Lipinski definition) is 7. The molecule has 1 aromatic heterocycles. The average molecular weight is 494 g/mol. The van der Waals surface area contributed by atoms with Crippen LogP contribution in [-0.4, -0.2) is 41.1 Å². The van der Waals surface area contributed by atoms with Gasteiger partial charge in [0, 0.05) is 18.8 Å². The zero-order chi connectivity index (χ0) is 26.1. The summed E-state index contributed by atoms with van der Waals surface area (Å²) < 4.78 is 6.47. The number of H-pyrrole nitrogens is 1. The van der Waals surface area contributed by atoms with Crippen molar-refractivity contribution in [1.82, 2.24) is 9.55 Å². The second-order valence-corrected chi connectivity index (χ2v) is 8.10. The highest BCUT2D eigenvalue weighted by atomic mass is 16.5. The lowest BCUT2D eigenvalue weighted by Gasteiger charge is -2.23. The molecule has 0 unspecified atom stereocenters. The number of nitrogens with zero attached hydrogens (tertiary/aromatic N) is 2. The van der Waals surface area contributed by atoms with Crippen LogP contribution in [0, 0.1) is 0 Å². The average Bonchev–Trinajstić information content (AvgIpc) is 2.88. The van der Waals surface area contributed by atoms with E-state index in [0.29, 0.717) is 17.8 Å². The molecule has 0 aliphatic carbocycles. The number of benzene rings is 2. The molecule has 0 atom stereocenters. The molecule has 2 aromatic carbocycles. The first-order valence-electron chi connectivity index (χ1n) is 11.8. The van der Waals surface area contributed by atoms with Crippen molar-refractivity contribution < 1.29 is 14.3 Å². The van der Waals surface area contributed by atoms with Crippen molar-refractivity contribution in [3.63, 3.8) is 0 Å². The number of para-hydroxylation sites is 1. The van der Waals surface area contributed by atoms with E-state index in [9.17, 15) is 19.2 Å². The summed E-state index contributed by atoms with van der Waals surface area (Å²) in [6, 6.07) is 16.0. The minimum atomic E-state index is -0.797. The minimum Gasteiger partial charge on any atom is -0.452 e. The van der Waals surface area contributed by atoms with Gasteiger partial charge in [0.2, 0.25) is 0 Å². The van der Waals surface area contributed by atoms with Gasteiger partial charge in [0.15, 0.2) is 12.3 Å². The van der Waals surface area contributed by atoms with Gasteiger partial charge < -0.3 is 20.7 Å². The van der Waals surface area contributed by atoms with Crippen molar-refractivity contribution in [3.05, 3.63) is 86.6 Å². The van der Waals surface area contributed by atoms with Crippen molar-refractivity contribution in [2.75, 3.05) is 35.6 Å². The minimum absolute atomic E-state index is 0.0718. The number of nitrogens with two attached hydrogens (primary N) is 1. The second-order valence-electron chi connectivity index (χ2n) is 8.10. The molecule has 0 saturated heterocycles. The normalized spacial score (nSPS) is 10.6. The second kappa shape index (κ2) is 12.4. The number of anilines is 3. The Morgan fingerprint density at radius 1 is 1.06 bits per heavy atom. The Hall–Kier alpha value is -4.34. The van der Waals surface area contributed by atoms with Crippen LogP contribution in [0.1, 0.15) is 42.6 Å². The SMILES string of the molecule is CCCCNc1ccccc1C(=O)OCC(=O)N(CC)c1c(N)n(Cc2ccccc2)c(=O)[nH]c1=O. The molecule has 1 amide bonds. The predicted molar refractivity (Wildman–Crippen MR) is 139 cm³/mol. The Morgan fingerprint density at radius 3 is 2.44 bits per heavy atom. The fraction of sp³-hybridized carbons (Fsp3) is 0.308. The quantitative estimate of drug-likeness (QED) is 0.276. The summed E-state index contributed by atoms with van der Waals surface area (Å²) in [5, 5.41) is 3.20. The molecule has 0 bridgehead atoms. The van der Waals surface area contributed by atoms with E-state index in [-0.39, 0.29) is 24.6 Å². The van der Waals surface area contributed by atoms with Crippen LogP contribution in [0.5, 0.6) is 0 Å². The third kappa shape index (κ3) is 6.21. The first kappa shape index (κ1) is 26.3. The number of aromatic amines is 1. The highest BCUT2D eigenvalue weighted by molar-refractivity contribution is 6.00. The highest BCUT2D eigenvalue weighted by Gasteiger charge is 2.24. The molecule has 0 fully saturated rings. The summed E-state index contributed by atoms with van der Waals surface area (Å²) in [6.45, 7) is 3.99. The fourth-order valence-corrected chi connectivity index (χ4v) is 3.72. The van der Waals surface area contributed by atoms with E-state index < -0.39 is 29.7 Å². The van der Waals surface area contributed by atoms with Crippen LogP contribution in [0.25, 0.3) is 0 Å². The number of carbonyl (C=O) groups is 2. The Morgan fingerprint density at radius 2 is 1.75 bits per heavy atom. The predicted octanol–water partition coefficient (Wildman–Crippen LogP) is 2.59. The fourth-order valence-electron chi connectivity index (χ4n) is 3.72. The van der Waals surface area contributed by atoms with Crippen LogP contribution < -0.4 is 27.2 Å². The van der Waals surface area contributed by atoms with Gasteiger partial charge in [0.1, 0.15) is 5.82 Å². The third-order valence-electron chi connectivity index (χ3n) is 5.60. The van der Waals surface area contributed by atoms with Gasteiger partial charge in [-0.3, -0.25) is 19.1 Å². The van der Waals surface area contributed by atoms with E-state index in [4.69, 9.17) is 10.5 Å². The Kier molecular flexibility index (Phi) is 9.04. The maximum Gasteiger partial charge on any atom is 0.340 e. The van der Waals surface area contributed by atoms with Gasteiger partial charge in [0.25, 0.3) is 11.5 Å². The first-order chi connectivity index (χ1) is 17.4. The van der Waals surface area contributed by atoms with E-state index in [1.54, 1.807) is 31.2 Å². The van der Waals surface area contributed by atoms with Crippen LogP contribution in [-0.2, 0) is 16.1 Å². The van der Waals surface area contributed by atoms with Crippen LogP contribution in [0.3, 0.4) is 0 Å². The highest BCUT2D eigenvalue weighted by Crippen LogP contribution is 2.19. The van der Waals surface area contributed by atoms with Gasteiger partial charge in [0.05, 0.1) is 12.1 Å². The number of nitrogens with one attached hydrogen (secondary N) is 2. The van der Waals surface area contributed by atoms with E-state index in [2.05, 4.69) is 17.2 Å². The number of hydrogen-bond donors (Lipinski definition) is 3. The van der Waals surface area contributed by atoms with Gasteiger partial charge in [-0.2, -0.15) is 0 Å². The van der Waals surface area contributed by atoms with Gasteiger partial charge in [-0.05, 0) is 31.0 Å². The lowest BCUT2D eigenvalue weighted by molar-refractivity contribution is -0.121. The molecule has 36 heavy (non-hydrogen) atoms. The summed E-state index contributed by atoms with van der Waals surface area (Å²) in [5.41, 5.74) is 6.26. The van der Waals surface area contributed by atoms with Crippen LogP contribution in [0.2, 0.25) is 0 Å². The lowest BCUT2D eigenvalue weighted by Crippen LogP contribution is -2.42. The smallest absolute Gasteiger partial charge is 0.340 e. The summed E-state index contributed by atoms with van der Waals surface area (Å²) in [4.78, 5) is 54.1. The van der Waals surface area contributed by atoms with Crippen molar-refractivity contribution in [1.29, 1.82) is 0 Å². The molecule has 0 radical (unpaired) electrons. The van der Waals surface area contributed by atoms with Crippen molar-refractivity contribution in [2.45, 2.75) is 33.2 Å². The number of amides is 1. The maximum atomic E-state index is 13.0. The molecule has 1 heterocycles. The number of aromatic nitrogens is 2. The van der Waals surface area contributed by atoms with E-state index >= 15 is 0 Å². The number of nitrogen functional groups attached to an aromatic ring is 1. The summed E-state index contributed by atoms with van der Waals surface area (Å²) in [6.07, 6.45) is 1.94. The molecular formula is C26H31N5O5. The Bertz CT molecular complexity index is 1320. The molecule has 0 saturated carbocycles. The zero-order valence-corrected chi connectivity index (χ0v) is 20.5. The van der Waals surface area contributed by atoms with E-state index in [1.165, 1.54) is 4.57 Å². The van der Waals surface area contributed by atoms with Gasteiger partial charge >= 0.3 is 11.7 Å². The molecule has 0 aliphatic heterocycles. The molecule has 10 heteroatoms. The van der Waals surface area contributed by atoms with Crippen molar-refractivity contribution in [3.8, 4) is 0 Å². The third-order valence-corrected chi connectivity index (χ3v) is 5.60. The number of ether oxygens (including phenoxy) is 1. The van der Waals surface area contributed by atoms with Gasteiger partial charge in [-0.15, -0.1) is 0 Å². The molecular weight excluding hydrogens is 462 g/mol. The first-order valence-corrected chi connectivity index (χ1v) is 11.8. The van der Waals surface area contributed by atoms with Gasteiger partial charge in [-0.25, -0.2) is 9.59 Å². The van der Waals surface area contributed by atoms with E-state index in [0.717, 1.165) is 23.3 Å². The number of carbonyl (C=O) groups excluding carboxylic acids is 2. The zero-order valence-electron chi connectivity index (χ0n) is 20.5.